The zero-order valence-corrected chi connectivity index (χ0v) is 18.5. The summed E-state index contributed by atoms with van der Waals surface area (Å²) in [5.74, 6) is 1.72. The van der Waals surface area contributed by atoms with E-state index in [1.54, 1.807) is 65.9 Å². The second-order valence-electron chi connectivity index (χ2n) is 7.75. The maximum atomic E-state index is 13.2. The molecule has 1 aliphatic heterocycles. The molecule has 1 atom stereocenters. The fraction of sp³-hybridized carbons (Fsp3) is 0.208. The smallest absolute Gasteiger partial charge is 0.255 e. The van der Waals surface area contributed by atoms with Gasteiger partial charge in [-0.3, -0.25) is 9.78 Å². The number of carbonyl (C=O) groups excluding carboxylic acids is 1. The van der Waals surface area contributed by atoms with Gasteiger partial charge in [-0.1, -0.05) is 11.6 Å². The molecule has 1 aliphatic rings. The van der Waals surface area contributed by atoms with Gasteiger partial charge in [0.15, 0.2) is 5.82 Å². The van der Waals surface area contributed by atoms with Crippen LogP contribution in [0.15, 0.2) is 73.4 Å². The molecular formula is C24H21ClN6O2. The van der Waals surface area contributed by atoms with E-state index in [2.05, 4.69) is 20.1 Å². The maximum Gasteiger partial charge on any atom is 0.255 e. The number of halogens is 1. The van der Waals surface area contributed by atoms with Gasteiger partial charge in [-0.05, 0) is 55.3 Å². The highest BCUT2D eigenvalue weighted by molar-refractivity contribution is 6.30. The molecule has 0 saturated carbocycles. The number of rotatable bonds is 5. The highest BCUT2D eigenvalue weighted by Crippen LogP contribution is 2.33. The van der Waals surface area contributed by atoms with Crippen LogP contribution < -0.4 is 4.74 Å². The summed E-state index contributed by atoms with van der Waals surface area (Å²) in [4.78, 5) is 28.3. The first-order valence-electron chi connectivity index (χ1n) is 10.7. The zero-order chi connectivity index (χ0) is 22.6. The first kappa shape index (κ1) is 21.1. The predicted octanol–water partition coefficient (Wildman–Crippen LogP) is 4.52. The molecule has 1 fully saturated rings. The van der Waals surface area contributed by atoms with Gasteiger partial charge in [0.05, 0.1) is 5.56 Å². The SMILES string of the molecule is O=C(c1ccc(-n2cccn2)nc1)N1CCCC(c2nccnc2Oc2ccc(Cl)cc2)C1. The van der Waals surface area contributed by atoms with Crippen LogP contribution in [0.25, 0.3) is 5.82 Å². The Labute approximate surface area is 195 Å². The molecule has 1 aromatic carbocycles. The number of amides is 1. The van der Waals surface area contributed by atoms with Crippen molar-refractivity contribution in [2.24, 2.45) is 0 Å². The molecule has 5 rings (SSSR count). The summed E-state index contributed by atoms with van der Waals surface area (Å²) in [6.07, 6.45) is 10.1. The predicted molar refractivity (Wildman–Crippen MR) is 123 cm³/mol. The second-order valence-corrected chi connectivity index (χ2v) is 8.19. The molecule has 0 spiro atoms. The number of hydrogen-bond acceptors (Lipinski definition) is 6. The van der Waals surface area contributed by atoms with Gasteiger partial charge >= 0.3 is 0 Å². The Morgan fingerprint density at radius 2 is 1.88 bits per heavy atom. The first-order valence-corrected chi connectivity index (χ1v) is 11.0. The van der Waals surface area contributed by atoms with Gasteiger partial charge in [0.2, 0.25) is 5.88 Å². The molecule has 4 aromatic rings. The van der Waals surface area contributed by atoms with Gasteiger partial charge in [0.1, 0.15) is 11.4 Å². The number of piperidine rings is 1. The van der Waals surface area contributed by atoms with Crippen molar-refractivity contribution in [3.8, 4) is 17.4 Å². The maximum absolute atomic E-state index is 13.2. The lowest BCUT2D eigenvalue weighted by atomic mass is 9.94. The van der Waals surface area contributed by atoms with E-state index in [4.69, 9.17) is 16.3 Å². The highest BCUT2D eigenvalue weighted by Gasteiger charge is 2.29. The van der Waals surface area contributed by atoms with Crippen molar-refractivity contribution in [3.63, 3.8) is 0 Å². The van der Waals surface area contributed by atoms with Crippen molar-refractivity contribution in [1.82, 2.24) is 29.6 Å². The van der Waals surface area contributed by atoms with Crippen LogP contribution in [-0.2, 0) is 0 Å². The summed E-state index contributed by atoms with van der Waals surface area (Å²) < 4.78 is 7.65. The Hall–Kier alpha value is -3.78. The normalized spacial score (nSPS) is 15.9. The molecule has 1 saturated heterocycles. The van der Waals surface area contributed by atoms with Crippen molar-refractivity contribution in [3.05, 3.63) is 89.7 Å². The minimum atomic E-state index is -0.0525. The number of likely N-dealkylation sites (tertiary alicyclic amines) is 1. The van der Waals surface area contributed by atoms with Gasteiger partial charge in [-0.15, -0.1) is 0 Å². The van der Waals surface area contributed by atoms with Crippen molar-refractivity contribution in [1.29, 1.82) is 0 Å². The summed E-state index contributed by atoms with van der Waals surface area (Å²) in [5.41, 5.74) is 1.29. The van der Waals surface area contributed by atoms with Crippen LogP contribution in [0, 0.1) is 0 Å². The van der Waals surface area contributed by atoms with Gasteiger partial charge in [0, 0.05) is 55.0 Å². The summed E-state index contributed by atoms with van der Waals surface area (Å²) in [7, 11) is 0. The van der Waals surface area contributed by atoms with E-state index < -0.39 is 0 Å². The number of aromatic nitrogens is 5. The molecule has 1 amide bonds. The van der Waals surface area contributed by atoms with E-state index in [9.17, 15) is 4.79 Å². The average Bonchev–Trinajstić information content (AvgIpc) is 3.41. The molecule has 3 aromatic heterocycles. The van der Waals surface area contributed by atoms with E-state index in [0.717, 1.165) is 18.5 Å². The van der Waals surface area contributed by atoms with Crippen molar-refractivity contribution >= 4 is 17.5 Å². The van der Waals surface area contributed by atoms with Gasteiger partial charge in [0.25, 0.3) is 5.91 Å². The number of nitrogens with zero attached hydrogens (tertiary/aromatic N) is 6. The molecule has 0 radical (unpaired) electrons. The third-order valence-electron chi connectivity index (χ3n) is 5.55. The van der Waals surface area contributed by atoms with Crippen LogP contribution in [-0.4, -0.2) is 48.6 Å². The van der Waals surface area contributed by atoms with Gasteiger partial charge in [-0.2, -0.15) is 5.10 Å². The minimum absolute atomic E-state index is 0.0232. The summed E-state index contributed by atoms with van der Waals surface area (Å²) in [5, 5.41) is 4.80. The molecule has 8 nitrogen and oxygen atoms in total. The van der Waals surface area contributed by atoms with Gasteiger partial charge < -0.3 is 9.64 Å². The Kier molecular flexibility index (Phi) is 5.99. The quantitative estimate of drug-likeness (QED) is 0.435. The Morgan fingerprint density at radius 3 is 2.64 bits per heavy atom. The minimum Gasteiger partial charge on any atom is -0.437 e. The molecule has 0 bridgehead atoms. The Balaban J connectivity index is 1.32. The first-order chi connectivity index (χ1) is 16.2. The molecule has 9 heteroatoms. The second kappa shape index (κ2) is 9.38. The van der Waals surface area contributed by atoms with Crippen molar-refractivity contribution in [2.45, 2.75) is 18.8 Å². The number of pyridine rings is 1. The van der Waals surface area contributed by atoms with E-state index in [1.165, 1.54) is 0 Å². The van der Waals surface area contributed by atoms with Crippen LogP contribution in [0.5, 0.6) is 11.6 Å². The molecule has 0 aliphatic carbocycles. The van der Waals surface area contributed by atoms with E-state index >= 15 is 0 Å². The molecule has 0 N–H and O–H groups in total. The molecule has 4 heterocycles. The summed E-state index contributed by atoms with van der Waals surface area (Å²) in [6.45, 7) is 1.22. The summed E-state index contributed by atoms with van der Waals surface area (Å²) >= 11 is 5.97. The Morgan fingerprint density at radius 1 is 1.03 bits per heavy atom. The number of hydrogen-bond donors (Lipinski definition) is 0. The van der Waals surface area contributed by atoms with E-state index in [0.29, 0.717) is 41.1 Å². The van der Waals surface area contributed by atoms with Crippen LogP contribution >= 0.6 is 11.6 Å². The topological polar surface area (TPSA) is 86.0 Å². The average molecular weight is 461 g/mol. The Bertz CT molecular complexity index is 1230. The van der Waals surface area contributed by atoms with Crippen LogP contribution in [0.2, 0.25) is 5.02 Å². The lowest BCUT2D eigenvalue weighted by molar-refractivity contribution is 0.0704. The summed E-state index contributed by atoms with van der Waals surface area (Å²) in [6, 6.07) is 12.5. The lowest BCUT2D eigenvalue weighted by Gasteiger charge is -2.32. The lowest BCUT2D eigenvalue weighted by Crippen LogP contribution is -2.39. The third-order valence-corrected chi connectivity index (χ3v) is 5.80. The van der Waals surface area contributed by atoms with Crippen LogP contribution in [0.3, 0.4) is 0 Å². The number of ether oxygens (including phenoxy) is 1. The molecular weight excluding hydrogens is 440 g/mol. The third kappa shape index (κ3) is 4.70. The fourth-order valence-corrected chi connectivity index (χ4v) is 4.05. The van der Waals surface area contributed by atoms with Crippen LogP contribution in [0.4, 0.5) is 0 Å². The monoisotopic (exact) mass is 460 g/mol. The van der Waals surface area contributed by atoms with Crippen molar-refractivity contribution < 1.29 is 9.53 Å². The highest BCUT2D eigenvalue weighted by atomic mass is 35.5. The zero-order valence-electron chi connectivity index (χ0n) is 17.7. The number of carbonyl (C=O) groups is 1. The van der Waals surface area contributed by atoms with Gasteiger partial charge in [-0.25, -0.2) is 14.6 Å². The molecule has 1 unspecified atom stereocenters. The van der Waals surface area contributed by atoms with E-state index in [1.807, 2.05) is 17.2 Å². The largest absolute Gasteiger partial charge is 0.437 e. The fourth-order valence-electron chi connectivity index (χ4n) is 3.93. The standard InChI is InChI=1S/C24H21ClN6O2/c25-19-5-7-20(8-6-19)33-23-22(26-11-12-27-23)18-3-1-13-30(16-18)24(32)17-4-9-21(28-15-17)31-14-2-10-29-31/h2,4-12,14-15,18H,1,3,13,16H2. The van der Waals surface area contributed by atoms with E-state index in [-0.39, 0.29) is 11.8 Å². The molecule has 33 heavy (non-hydrogen) atoms. The van der Waals surface area contributed by atoms with Crippen molar-refractivity contribution in [2.75, 3.05) is 13.1 Å². The van der Waals surface area contributed by atoms with Crippen LogP contribution in [0.1, 0.15) is 34.8 Å². The number of benzene rings is 1. The molecule has 166 valence electrons.